The number of thioether (sulfide) groups is 1. The van der Waals surface area contributed by atoms with E-state index in [9.17, 15) is 4.39 Å². The van der Waals surface area contributed by atoms with E-state index in [1.54, 1.807) is 23.5 Å². The number of hydrogen-bond donors (Lipinski definition) is 1. The highest BCUT2D eigenvalue weighted by Crippen LogP contribution is 2.33. The van der Waals surface area contributed by atoms with E-state index in [0.717, 1.165) is 20.2 Å². The molecule has 3 rings (SSSR count). The highest BCUT2D eigenvalue weighted by molar-refractivity contribution is 8.00. The minimum atomic E-state index is -0.282. The van der Waals surface area contributed by atoms with Crippen LogP contribution in [0.4, 0.5) is 10.1 Å². The molecule has 102 valence electrons. The van der Waals surface area contributed by atoms with Gasteiger partial charge >= 0.3 is 0 Å². The summed E-state index contributed by atoms with van der Waals surface area (Å²) in [6.45, 7) is 0. The number of fused-ring (bicyclic) bond motifs is 1. The van der Waals surface area contributed by atoms with E-state index in [4.69, 9.17) is 17.3 Å². The van der Waals surface area contributed by atoms with Crippen LogP contribution in [0.15, 0.2) is 40.7 Å². The van der Waals surface area contributed by atoms with Crippen LogP contribution in [0.1, 0.15) is 5.56 Å². The fraction of sp³-hybridized carbons (Fsp3) is 0.0714. The summed E-state index contributed by atoms with van der Waals surface area (Å²) < 4.78 is 15.6. The number of nitrogen functional groups attached to an aromatic ring is 1. The molecule has 2 N–H and O–H groups in total. The first-order chi connectivity index (χ1) is 9.61. The van der Waals surface area contributed by atoms with Crippen molar-refractivity contribution in [3.8, 4) is 0 Å². The van der Waals surface area contributed by atoms with Crippen LogP contribution in [0.5, 0.6) is 0 Å². The van der Waals surface area contributed by atoms with Gasteiger partial charge in [-0.2, -0.15) is 0 Å². The van der Waals surface area contributed by atoms with E-state index < -0.39 is 0 Å². The van der Waals surface area contributed by atoms with Gasteiger partial charge in [-0.3, -0.25) is 0 Å². The van der Waals surface area contributed by atoms with Gasteiger partial charge in [0.25, 0.3) is 0 Å². The predicted molar refractivity (Wildman–Crippen MR) is 85.0 cm³/mol. The topological polar surface area (TPSA) is 38.9 Å². The molecule has 1 aromatic heterocycles. The van der Waals surface area contributed by atoms with Gasteiger partial charge in [-0.25, -0.2) is 9.37 Å². The van der Waals surface area contributed by atoms with Crippen LogP contribution < -0.4 is 5.73 Å². The van der Waals surface area contributed by atoms with Gasteiger partial charge in [-0.1, -0.05) is 29.4 Å². The van der Waals surface area contributed by atoms with E-state index >= 15 is 0 Å². The number of nitrogens with zero attached hydrogens (tertiary/aromatic N) is 1. The van der Waals surface area contributed by atoms with Gasteiger partial charge in [0.05, 0.1) is 10.2 Å². The van der Waals surface area contributed by atoms with Crippen molar-refractivity contribution in [2.45, 2.75) is 10.1 Å². The van der Waals surface area contributed by atoms with Gasteiger partial charge < -0.3 is 5.73 Å². The van der Waals surface area contributed by atoms with Gasteiger partial charge in [0.1, 0.15) is 5.82 Å². The molecule has 0 aliphatic carbocycles. The van der Waals surface area contributed by atoms with Crippen molar-refractivity contribution in [3.63, 3.8) is 0 Å². The maximum atomic E-state index is 13.7. The summed E-state index contributed by atoms with van der Waals surface area (Å²) in [4.78, 5) is 4.49. The molecule has 0 spiro atoms. The Hall–Kier alpha value is -1.30. The third-order valence-corrected chi connectivity index (χ3v) is 5.20. The molecule has 0 saturated heterocycles. The Morgan fingerprint density at radius 3 is 2.90 bits per heavy atom. The molecule has 2 nitrogen and oxygen atoms in total. The Labute approximate surface area is 128 Å². The number of aromatic nitrogens is 1. The molecule has 0 aliphatic heterocycles. The maximum absolute atomic E-state index is 13.7. The summed E-state index contributed by atoms with van der Waals surface area (Å²) in [5.74, 6) is 0.244. The minimum Gasteiger partial charge on any atom is -0.399 e. The van der Waals surface area contributed by atoms with Gasteiger partial charge in [0.2, 0.25) is 0 Å². The van der Waals surface area contributed by atoms with Crippen LogP contribution in [0.3, 0.4) is 0 Å². The number of anilines is 1. The Morgan fingerprint density at radius 2 is 2.10 bits per heavy atom. The van der Waals surface area contributed by atoms with Crippen LogP contribution in [-0.4, -0.2) is 4.98 Å². The van der Waals surface area contributed by atoms with Crippen molar-refractivity contribution >= 4 is 50.6 Å². The van der Waals surface area contributed by atoms with Crippen molar-refractivity contribution in [1.29, 1.82) is 0 Å². The molecular formula is C14H10ClFN2S2. The summed E-state index contributed by atoms with van der Waals surface area (Å²) in [5, 5.41) is 0.409. The first-order valence-electron chi connectivity index (χ1n) is 5.84. The molecule has 3 aromatic rings. The third kappa shape index (κ3) is 2.90. The molecule has 6 heteroatoms. The van der Waals surface area contributed by atoms with E-state index in [-0.39, 0.29) is 5.82 Å². The van der Waals surface area contributed by atoms with E-state index in [1.807, 2.05) is 18.2 Å². The zero-order chi connectivity index (χ0) is 14.1. The smallest absolute Gasteiger partial charge is 0.151 e. The highest BCUT2D eigenvalue weighted by atomic mass is 35.5. The number of rotatable bonds is 3. The van der Waals surface area contributed by atoms with Crippen LogP contribution in [0.25, 0.3) is 10.2 Å². The Bertz CT molecular complexity index is 773. The fourth-order valence-corrected chi connectivity index (χ4v) is 4.02. The predicted octanol–water partition coefficient (Wildman–Crippen LogP) is 4.96. The van der Waals surface area contributed by atoms with Crippen molar-refractivity contribution in [2.24, 2.45) is 0 Å². The first-order valence-corrected chi connectivity index (χ1v) is 8.02. The van der Waals surface area contributed by atoms with E-state index in [2.05, 4.69) is 4.98 Å². The lowest BCUT2D eigenvalue weighted by Crippen LogP contribution is -1.86. The third-order valence-electron chi connectivity index (χ3n) is 2.76. The molecule has 2 aromatic carbocycles. The number of thiazole rings is 1. The Kier molecular flexibility index (Phi) is 3.83. The average Bonchev–Trinajstić information content (AvgIpc) is 2.79. The molecule has 0 atom stereocenters. The monoisotopic (exact) mass is 324 g/mol. The molecule has 0 unspecified atom stereocenters. The first kappa shape index (κ1) is 13.7. The second-order valence-corrected chi connectivity index (χ2v) is 6.92. The number of hydrogen-bond acceptors (Lipinski definition) is 4. The molecule has 0 fully saturated rings. The van der Waals surface area contributed by atoms with E-state index in [0.29, 0.717) is 16.3 Å². The van der Waals surface area contributed by atoms with E-state index in [1.165, 1.54) is 17.8 Å². The lowest BCUT2D eigenvalue weighted by molar-refractivity contribution is 0.617. The van der Waals surface area contributed by atoms with Gasteiger partial charge in [0.15, 0.2) is 4.34 Å². The summed E-state index contributed by atoms with van der Waals surface area (Å²) >= 11 is 8.81. The lowest BCUT2D eigenvalue weighted by atomic mass is 10.2. The summed E-state index contributed by atoms with van der Waals surface area (Å²) in [6.07, 6.45) is 0. The fourth-order valence-electron chi connectivity index (χ4n) is 1.76. The molecule has 0 amide bonds. The minimum absolute atomic E-state index is 0.282. The Balaban J connectivity index is 1.79. The summed E-state index contributed by atoms with van der Waals surface area (Å²) in [5.41, 5.74) is 8.01. The van der Waals surface area contributed by atoms with Crippen molar-refractivity contribution in [2.75, 3.05) is 5.73 Å². The zero-order valence-corrected chi connectivity index (χ0v) is 12.7. The van der Waals surface area contributed by atoms with Crippen molar-refractivity contribution in [1.82, 2.24) is 4.98 Å². The van der Waals surface area contributed by atoms with Gasteiger partial charge in [0, 0.05) is 16.5 Å². The van der Waals surface area contributed by atoms with Gasteiger partial charge in [-0.05, 0) is 35.9 Å². The quantitative estimate of drug-likeness (QED) is 0.546. The molecule has 0 aliphatic rings. The highest BCUT2D eigenvalue weighted by Gasteiger charge is 2.08. The van der Waals surface area contributed by atoms with Gasteiger partial charge in [-0.15, -0.1) is 11.3 Å². The molecule has 1 heterocycles. The second-order valence-electron chi connectivity index (χ2n) is 4.23. The van der Waals surface area contributed by atoms with Crippen molar-refractivity contribution in [3.05, 3.63) is 52.8 Å². The number of nitrogens with two attached hydrogens (primary N) is 1. The summed E-state index contributed by atoms with van der Waals surface area (Å²) in [6, 6.07) is 10.4. The van der Waals surface area contributed by atoms with Crippen molar-refractivity contribution < 1.29 is 4.39 Å². The maximum Gasteiger partial charge on any atom is 0.151 e. The zero-order valence-electron chi connectivity index (χ0n) is 10.3. The summed E-state index contributed by atoms with van der Waals surface area (Å²) in [7, 11) is 0. The standard InChI is InChI=1S/C14H10ClFN2S2/c15-9-2-1-8(11(16)5-9)7-19-14-18-12-4-3-10(17)6-13(12)20-14/h1-6H,7,17H2. The second kappa shape index (κ2) is 5.60. The van der Waals surface area contributed by atoms with Crippen LogP contribution in [0, 0.1) is 5.82 Å². The average molecular weight is 325 g/mol. The molecule has 20 heavy (non-hydrogen) atoms. The lowest BCUT2D eigenvalue weighted by Gasteiger charge is -2.01. The number of benzene rings is 2. The van der Waals surface area contributed by atoms with Crippen LogP contribution in [-0.2, 0) is 5.75 Å². The molecule has 0 saturated carbocycles. The normalized spacial score (nSPS) is 11.1. The number of halogens is 2. The van der Waals surface area contributed by atoms with Crippen LogP contribution >= 0.6 is 34.7 Å². The Morgan fingerprint density at radius 1 is 1.25 bits per heavy atom. The molecular weight excluding hydrogens is 315 g/mol. The van der Waals surface area contributed by atoms with Crippen LogP contribution in [0.2, 0.25) is 5.02 Å². The molecule has 0 bridgehead atoms. The largest absolute Gasteiger partial charge is 0.399 e. The molecule has 0 radical (unpaired) electrons. The SMILES string of the molecule is Nc1ccc2nc(SCc3ccc(Cl)cc3F)sc2c1.